The Kier molecular flexibility index (Phi) is 4.11. The van der Waals surface area contributed by atoms with E-state index in [-0.39, 0.29) is 11.5 Å². The van der Waals surface area contributed by atoms with Crippen LogP contribution in [0.5, 0.6) is 0 Å². The summed E-state index contributed by atoms with van der Waals surface area (Å²) in [7, 11) is -2.10. The van der Waals surface area contributed by atoms with E-state index >= 15 is 0 Å². The molecule has 0 amide bonds. The molecule has 0 heterocycles. The first-order chi connectivity index (χ1) is 9.46. The van der Waals surface area contributed by atoms with Crippen LogP contribution in [-0.4, -0.2) is 20.6 Å². The molecule has 0 aliphatic rings. The summed E-state index contributed by atoms with van der Waals surface area (Å²) in [6.07, 6.45) is 0. The lowest BCUT2D eigenvalue weighted by Gasteiger charge is -2.20. The second-order valence-electron chi connectivity index (χ2n) is 4.55. The molecule has 0 bridgehead atoms. The number of hydrogen-bond acceptors (Lipinski definition) is 3. The number of benzene rings is 2. The molecule has 2 rings (SSSR count). The van der Waals surface area contributed by atoms with Crippen LogP contribution >= 0.6 is 0 Å². The number of nitrogens with zero attached hydrogens (tertiary/aromatic N) is 1. The molecule has 0 unspecified atom stereocenters. The molecule has 1 N–H and O–H groups in total. The molecule has 106 valence electrons. The van der Waals surface area contributed by atoms with Crippen molar-refractivity contribution in [3.8, 4) is 0 Å². The van der Waals surface area contributed by atoms with Gasteiger partial charge >= 0.3 is 0 Å². The van der Waals surface area contributed by atoms with Gasteiger partial charge in [0.1, 0.15) is 0 Å². The Bertz CT molecular complexity index is 696. The van der Waals surface area contributed by atoms with E-state index in [1.807, 2.05) is 13.0 Å². The number of aliphatic hydroxyl groups excluding tert-OH is 1. The maximum Gasteiger partial charge on any atom is 0.264 e. The summed E-state index contributed by atoms with van der Waals surface area (Å²) in [5.74, 6) is 0. The molecule has 0 saturated heterocycles. The molecule has 4 nitrogen and oxygen atoms in total. The first kappa shape index (κ1) is 14.6. The van der Waals surface area contributed by atoms with Gasteiger partial charge in [0.2, 0.25) is 0 Å². The van der Waals surface area contributed by atoms with Crippen LogP contribution in [0, 0.1) is 6.92 Å². The van der Waals surface area contributed by atoms with Crippen LogP contribution in [0.4, 0.5) is 5.69 Å². The number of anilines is 1. The van der Waals surface area contributed by atoms with Gasteiger partial charge in [-0.2, -0.15) is 0 Å². The molecule has 0 saturated carbocycles. The quantitative estimate of drug-likeness (QED) is 0.940. The highest BCUT2D eigenvalue weighted by Gasteiger charge is 2.21. The number of para-hydroxylation sites is 1. The number of rotatable bonds is 4. The predicted octanol–water partition coefficient (Wildman–Crippen LogP) is 2.31. The summed E-state index contributed by atoms with van der Waals surface area (Å²) in [5, 5.41) is 9.26. The standard InChI is InChI=1S/C15H17NO3S/c1-12-8-9-15(10-13(12)11-17)20(18,19)16(2)14-6-4-3-5-7-14/h3-10,17H,11H2,1-2H3. The Morgan fingerprint density at radius 1 is 1.10 bits per heavy atom. The molecule has 5 heteroatoms. The van der Waals surface area contributed by atoms with Gasteiger partial charge in [-0.05, 0) is 42.3 Å². The van der Waals surface area contributed by atoms with Crippen molar-refractivity contribution in [2.45, 2.75) is 18.4 Å². The Hall–Kier alpha value is -1.85. The molecule has 0 aliphatic heterocycles. The molecule has 20 heavy (non-hydrogen) atoms. The zero-order valence-corrected chi connectivity index (χ0v) is 12.3. The molecule has 0 aliphatic carbocycles. The average molecular weight is 291 g/mol. The molecule has 0 radical (unpaired) electrons. The molecular formula is C15H17NO3S. The van der Waals surface area contributed by atoms with Gasteiger partial charge in [-0.25, -0.2) is 8.42 Å². The number of hydrogen-bond donors (Lipinski definition) is 1. The van der Waals surface area contributed by atoms with Crippen LogP contribution in [-0.2, 0) is 16.6 Å². The van der Waals surface area contributed by atoms with E-state index in [1.54, 1.807) is 36.4 Å². The van der Waals surface area contributed by atoms with E-state index in [9.17, 15) is 13.5 Å². The van der Waals surface area contributed by atoms with Gasteiger partial charge in [0, 0.05) is 7.05 Å². The highest BCUT2D eigenvalue weighted by Crippen LogP contribution is 2.23. The van der Waals surface area contributed by atoms with E-state index in [0.717, 1.165) is 5.56 Å². The van der Waals surface area contributed by atoms with Crippen molar-refractivity contribution < 1.29 is 13.5 Å². The molecule has 2 aromatic carbocycles. The Labute approximate surface area is 119 Å². The maximum absolute atomic E-state index is 12.6. The van der Waals surface area contributed by atoms with Gasteiger partial charge in [-0.1, -0.05) is 24.3 Å². The summed E-state index contributed by atoms with van der Waals surface area (Å²) < 4.78 is 26.3. The topological polar surface area (TPSA) is 57.6 Å². The van der Waals surface area contributed by atoms with E-state index in [1.165, 1.54) is 17.4 Å². The van der Waals surface area contributed by atoms with Crippen molar-refractivity contribution >= 4 is 15.7 Å². The number of aryl methyl sites for hydroxylation is 1. The fourth-order valence-electron chi connectivity index (χ4n) is 1.91. The lowest BCUT2D eigenvalue weighted by molar-refractivity contribution is 0.280. The second kappa shape index (κ2) is 5.64. The SMILES string of the molecule is Cc1ccc(S(=O)(=O)N(C)c2ccccc2)cc1CO. The number of aliphatic hydroxyl groups is 1. The first-order valence-electron chi connectivity index (χ1n) is 6.21. The second-order valence-corrected chi connectivity index (χ2v) is 6.52. The smallest absolute Gasteiger partial charge is 0.264 e. The van der Waals surface area contributed by atoms with Crippen molar-refractivity contribution in [3.63, 3.8) is 0 Å². The van der Waals surface area contributed by atoms with Gasteiger partial charge < -0.3 is 5.11 Å². The predicted molar refractivity (Wildman–Crippen MR) is 79.1 cm³/mol. The van der Waals surface area contributed by atoms with Gasteiger partial charge in [-0.15, -0.1) is 0 Å². The average Bonchev–Trinajstić information content (AvgIpc) is 2.47. The van der Waals surface area contributed by atoms with Crippen LogP contribution in [0.1, 0.15) is 11.1 Å². The molecule has 2 aromatic rings. The summed E-state index contributed by atoms with van der Waals surface area (Å²) in [4.78, 5) is 0.179. The third-order valence-electron chi connectivity index (χ3n) is 3.27. The zero-order chi connectivity index (χ0) is 14.8. The third kappa shape index (κ3) is 2.69. The van der Waals surface area contributed by atoms with Gasteiger partial charge in [0.05, 0.1) is 17.2 Å². The molecular weight excluding hydrogens is 274 g/mol. The summed E-state index contributed by atoms with van der Waals surface area (Å²) in [6, 6.07) is 13.7. The minimum absolute atomic E-state index is 0.176. The Morgan fingerprint density at radius 3 is 2.35 bits per heavy atom. The summed E-state index contributed by atoms with van der Waals surface area (Å²) in [5.41, 5.74) is 2.08. The lowest BCUT2D eigenvalue weighted by Crippen LogP contribution is -2.26. The van der Waals surface area contributed by atoms with Crippen molar-refractivity contribution in [2.75, 3.05) is 11.4 Å². The Morgan fingerprint density at radius 2 is 1.75 bits per heavy atom. The normalized spacial score (nSPS) is 11.3. The molecule has 0 spiro atoms. The van der Waals surface area contributed by atoms with Crippen LogP contribution in [0.2, 0.25) is 0 Å². The van der Waals surface area contributed by atoms with Crippen molar-refractivity contribution in [1.82, 2.24) is 0 Å². The monoisotopic (exact) mass is 291 g/mol. The van der Waals surface area contributed by atoms with E-state index in [2.05, 4.69) is 0 Å². The van der Waals surface area contributed by atoms with Crippen LogP contribution in [0.3, 0.4) is 0 Å². The highest BCUT2D eigenvalue weighted by molar-refractivity contribution is 7.92. The molecule has 0 fully saturated rings. The van der Waals surface area contributed by atoms with Crippen molar-refractivity contribution in [3.05, 3.63) is 59.7 Å². The summed E-state index contributed by atoms with van der Waals surface area (Å²) in [6.45, 7) is 1.66. The zero-order valence-electron chi connectivity index (χ0n) is 11.4. The fraction of sp³-hybridized carbons (Fsp3) is 0.200. The molecule has 0 atom stereocenters. The van der Waals surface area contributed by atoms with Crippen molar-refractivity contribution in [1.29, 1.82) is 0 Å². The minimum atomic E-state index is -3.62. The van der Waals surface area contributed by atoms with E-state index < -0.39 is 10.0 Å². The third-order valence-corrected chi connectivity index (χ3v) is 5.05. The minimum Gasteiger partial charge on any atom is -0.392 e. The lowest BCUT2D eigenvalue weighted by atomic mass is 10.1. The van der Waals surface area contributed by atoms with Crippen LogP contribution in [0.15, 0.2) is 53.4 Å². The fourth-order valence-corrected chi connectivity index (χ4v) is 3.16. The molecule has 0 aromatic heterocycles. The number of sulfonamides is 1. The van der Waals surface area contributed by atoms with Gasteiger partial charge in [0.15, 0.2) is 0 Å². The van der Waals surface area contributed by atoms with Gasteiger partial charge in [-0.3, -0.25) is 4.31 Å². The van der Waals surface area contributed by atoms with Gasteiger partial charge in [0.25, 0.3) is 10.0 Å². The van der Waals surface area contributed by atoms with E-state index in [4.69, 9.17) is 0 Å². The van der Waals surface area contributed by atoms with Crippen molar-refractivity contribution in [2.24, 2.45) is 0 Å². The first-order valence-corrected chi connectivity index (χ1v) is 7.65. The largest absolute Gasteiger partial charge is 0.392 e. The summed E-state index contributed by atoms with van der Waals surface area (Å²) >= 11 is 0. The Balaban J connectivity index is 2.45. The van der Waals surface area contributed by atoms with Crippen LogP contribution in [0.25, 0.3) is 0 Å². The highest BCUT2D eigenvalue weighted by atomic mass is 32.2. The van der Waals surface area contributed by atoms with Crippen LogP contribution < -0.4 is 4.31 Å². The van der Waals surface area contributed by atoms with E-state index in [0.29, 0.717) is 11.3 Å². The maximum atomic E-state index is 12.6.